The maximum atomic E-state index is 4.39. The SMILES string of the molecule is CCC=Nc1c(C)cc(C)cc1Br. The molecule has 0 atom stereocenters. The fourth-order valence-corrected chi connectivity index (χ4v) is 2.03. The third kappa shape index (κ3) is 2.66. The lowest BCUT2D eigenvalue weighted by atomic mass is 10.1. The number of rotatable bonds is 2. The number of hydrogen-bond acceptors (Lipinski definition) is 1. The fourth-order valence-electron chi connectivity index (χ4n) is 1.25. The van der Waals surface area contributed by atoms with E-state index in [1.807, 2.05) is 6.21 Å². The lowest BCUT2D eigenvalue weighted by Gasteiger charge is -2.04. The summed E-state index contributed by atoms with van der Waals surface area (Å²) in [6, 6.07) is 4.24. The summed E-state index contributed by atoms with van der Waals surface area (Å²) in [6.45, 7) is 6.26. The average Bonchev–Trinajstić information content (AvgIpc) is 2.02. The molecular formula is C11H14BrN. The van der Waals surface area contributed by atoms with Crippen molar-refractivity contribution in [3.63, 3.8) is 0 Å². The van der Waals surface area contributed by atoms with Crippen LogP contribution in [0.3, 0.4) is 0 Å². The summed E-state index contributed by atoms with van der Waals surface area (Å²) in [4.78, 5) is 4.39. The van der Waals surface area contributed by atoms with Crippen molar-refractivity contribution < 1.29 is 0 Å². The third-order valence-electron chi connectivity index (χ3n) is 1.80. The van der Waals surface area contributed by atoms with Crippen LogP contribution < -0.4 is 0 Å². The molecule has 0 aliphatic carbocycles. The quantitative estimate of drug-likeness (QED) is 0.687. The molecule has 0 aliphatic heterocycles. The van der Waals surface area contributed by atoms with Gasteiger partial charge >= 0.3 is 0 Å². The van der Waals surface area contributed by atoms with Crippen LogP contribution in [0.1, 0.15) is 24.5 Å². The van der Waals surface area contributed by atoms with E-state index < -0.39 is 0 Å². The van der Waals surface area contributed by atoms with E-state index >= 15 is 0 Å². The molecule has 0 heterocycles. The molecule has 0 spiro atoms. The molecule has 2 heteroatoms. The number of hydrogen-bond donors (Lipinski definition) is 0. The molecule has 1 aromatic rings. The maximum Gasteiger partial charge on any atom is 0.0796 e. The molecule has 1 nitrogen and oxygen atoms in total. The topological polar surface area (TPSA) is 12.4 Å². The van der Waals surface area contributed by atoms with Crippen LogP contribution in [0, 0.1) is 13.8 Å². The zero-order valence-electron chi connectivity index (χ0n) is 8.26. The number of aryl methyl sites for hydroxylation is 2. The van der Waals surface area contributed by atoms with Gasteiger partial charge in [-0.25, -0.2) is 0 Å². The monoisotopic (exact) mass is 239 g/mol. The number of benzene rings is 1. The minimum atomic E-state index is 0.972. The summed E-state index contributed by atoms with van der Waals surface area (Å²) in [6.07, 6.45) is 2.90. The van der Waals surface area contributed by atoms with Crippen LogP contribution in [-0.2, 0) is 0 Å². The number of nitrogens with zero attached hydrogens (tertiary/aromatic N) is 1. The highest BCUT2D eigenvalue weighted by molar-refractivity contribution is 9.10. The van der Waals surface area contributed by atoms with Gasteiger partial charge in [-0.2, -0.15) is 0 Å². The Kier molecular flexibility index (Phi) is 3.67. The zero-order chi connectivity index (χ0) is 9.84. The maximum absolute atomic E-state index is 4.39. The molecule has 0 saturated carbocycles. The van der Waals surface area contributed by atoms with Gasteiger partial charge in [0.05, 0.1) is 5.69 Å². The number of aliphatic imine (C=N–C) groups is 1. The Morgan fingerprint density at radius 3 is 2.62 bits per heavy atom. The largest absolute Gasteiger partial charge is 0.260 e. The molecule has 70 valence electrons. The van der Waals surface area contributed by atoms with Gasteiger partial charge in [-0.15, -0.1) is 0 Å². The molecule has 0 fully saturated rings. The molecule has 0 N–H and O–H groups in total. The first kappa shape index (κ1) is 10.5. The average molecular weight is 240 g/mol. The second-order valence-electron chi connectivity index (χ2n) is 3.13. The van der Waals surface area contributed by atoms with Crippen LogP contribution in [0.25, 0.3) is 0 Å². The highest BCUT2D eigenvalue weighted by Crippen LogP contribution is 2.30. The van der Waals surface area contributed by atoms with Gasteiger partial charge < -0.3 is 0 Å². The van der Waals surface area contributed by atoms with Crippen molar-refractivity contribution >= 4 is 27.8 Å². The molecule has 13 heavy (non-hydrogen) atoms. The normalized spacial score (nSPS) is 11.1. The first-order valence-electron chi connectivity index (χ1n) is 4.44. The molecule has 0 radical (unpaired) electrons. The summed E-state index contributed by atoms with van der Waals surface area (Å²) < 4.78 is 1.08. The molecule has 1 rings (SSSR count). The highest BCUT2D eigenvalue weighted by atomic mass is 79.9. The second-order valence-corrected chi connectivity index (χ2v) is 3.99. The fraction of sp³-hybridized carbons (Fsp3) is 0.364. The Morgan fingerprint density at radius 2 is 2.08 bits per heavy atom. The Hall–Kier alpha value is -0.630. The van der Waals surface area contributed by atoms with Gasteiger partial charge in [-0.1, -0.05) is 13.0 Å². The summed E-state index contributed by atoms with van der Waals surface area (Å²) >= 11 is 3.51. The van der Waals surface area contributed by atoms with Crippen molar-refractivity contribution in [3.8, 4) is 0 Å². The van der Waals surface area contributed by atoms with Crippen molar-refractivity contribution in [3.05, 3.63) is 27.7 Å². The lowest BCUT2D eigenvalue weighted by Crippen LogP contribution is -1.81. The molecule has 1 aromatic carbocycles. The van der Waals surface area contributed by atoms with Gasteiger partial charge in [0.15, 0.2) is 0 Å². The van der Waals surface area contributed by atoms with Gasteiger partial charge in [-0.3, -0.25) is 4.99 Å². The summed E-state index contributed by atoms with van der Waals surface area (Å²) in [7, 11) is 0. The molecule has 0 aromatic heterocycles. The molecule has 0 saturated heterocycles. The lowest BCUT2D eigenvalue weighted by molar-refractivity contribution is 1.28. The summed E-state index contributed by atoms with van der Waals surface area (Å²) in [5.41, 5.74) is 3.53. The Balaban J connectivity index is 3.13. The predicted octanol–water partition coefficient (Wildman–Crippen LogP) is 4.18. The molecule has 0 amide bonds. The van der Waals surface area contributed by atoms with Crippen LogP contribution in [0.5, 0.6) is 0 Å². The van der Waals surface area contributed by atoms with E-state index in [1.54, 1.807) is 0 Å². The highest BCUT2D eigenvalue weighted by Gasteiger charge is 2.01. The van der Waals surface area contributed by atoms with Crippen LogP contribution in [-0.4, -0.2) is 6.21 Å². The standard InChI is InChI=1S/C11H14BrN/c1-4-5-13-11-9(3)6-8(2)7-10(11)12/h5-7H,4H2,1-3H3. The molecule has 0 unspecified atom stereocenters. The van der Waals surface area contributed by atoms with Crippen molar-refractivity contribution in [2.45, 2.75) is 27.2 Å². The van der Waals surface area contributed by atoms with Crippen LogP contribution in [0.15, 0.2) is 21.6 Å². The van der Waals surface area contributed by atoms with Crippen molar-refractivity contribution in [2.75, 3.05) is 0 Å². The van der Waals surface area contributed by atoms with Crippen molar-refractivity contribution in [1.29, 1.82) is 0 Å². The van der Waals surface area contributed by atoms with E-state index in [-0.39, 0.29) is 0 Å². The Bertz CT molecular complexity index is 306. The summed E-state index contributed by atoms with van der Waals surface area (Å²) in [5.74, 6) is 0. The van der Waals surface area contributed by atoms with Crippen LogP contribution in [0.2, 0.25) is 0 Å². The Morgan fingerprint density at radius 1 is 1.38 bits per heavy atom. The third-order valence-corrected chi connectivity index (χ3v) is 2.41. The first-order chi connectivity index (χ1) is 6.15. The van der Waals surface area contributed by atoms with Gasteiger partial charge in [0.2, 0.25) is 0 Å². The summed E-state index contributed by atoms with van der Waals surface area (Å²) in [5, 5.41) is 0. The van der Waals surface area contributed by atoms with E-state index in [0.29, 0.717) is 0 Å². The van der Waals surface area contributed by atoms with E-state index in [9.17, 15) is 0 Å². The molecular weight excluding hydrogens is 226 g/mol. The first-order valence-corrected chi connectivity index (χ1v) is 5.23. The minimum absolute atomic E-state index is 0.972. The zero-order valence-corrected chi connectivity index (χ0v) is 9.85. The second kappa shape index (κ2) is 4.56. The Labute approximate surface area is 88.0 Å². The van der Waals surface area contributed by atoms with E-state index in [4.69, 9.17) is 0 Å². The van der Waals surface area contributed by atoms with Crippen molar-refractivity contribution in [2.24, 2.45) is 4.99 Å². The molecule has 0 aliphatic rings. The van der Waals surface area contributed by atoms with Gasteiger partial charge in [0, 0.05) is 10.7 Å². The molecule has 0 bridgehead atoms. The minimum Gasteiger partial charge on any atom is -0.260 e. The van der Waals surface area contributed by atoms with Crippen molar-refractivity contribution in [1.82, 2.24) is 0 Å². The van der Waals surface area contributed by atoms with Gasteiger partial charge in [-0.05, 0) is 53.4 Å². The number of halogens is 1. The van der Waals surface area contributed by atoms with Crippen LogP contribution >= 0.6 is 15.9 Å². The predicted molar refractivity (Wildman–Crippen MR) is 62.1 cm³/mol. The van der Waals surface area contributed by atoms with E-state index in [1.165, 1.54) is 11.1 Å². The smallest absolute Gasteiger partial charge is 0.0796 e. The van der Waals surface area contributed by atoms with Gasteiger partial charge in [0.25, 0.3) is 0 Å². The van der Waals surface area contributed by atoms with Gasteiger partial charge in [0.1, 0.15) is 0 Å². The van der Waals surface area contributed by atoms with Crippen LogP contribution in [0.4, 0.5) is 5.69 Å². The van der Waals surface area contributed by atoms with E-state index in [2.05, 4.69) is 53.8 Å². The van der Waals surface area contributed by atoms with E-state index in [0.717, 1.165) is 16.6 Å².